The number of nitrogens with two attached hydrogens (primary N) is 1. The molecule has 1 aromatic carbocycles. The van der Waals surface area contributed by atoms with Crippen LogP contribution < -0.4 is 16.0 Å². The zero-order valence-corrected chi connectivity index (χ0v) is 18.9. The number of nitrogens with zero attached hydrogens (tertiary/aromatic N) is 2. The summed E-state index contributed by atoms with van der Waals surface area (Å²) in [6.45, 7) is 6.14. The number of morpholine rings is 1. The first-order chi connectivity index (χ1) is 15.4. The van der Waals surface area contributed by atoms with E-state index in [1.807, 2.05) is 6.92 Å². The summed E-state index contributed by atoms with van der Waals surface area (Å²) in [5.41, 5.74) is 7.81. The molecular formula is C23H26ClN3O5. The number of benzene rings is 1. The van der Waals surface area contributed by atoms with E-state index in [2.05, 4.69) is 4.90 Å². The predicted molar refractivity (Wildman–Crippen MR) is 120 cm³/mol. The van der Waals surface area contributed by atoms with E-state index in [4.69, 9.17) is 31.5 Å². The third-order valence-electron chi connectivity index (χ3n) is 5.92. The lowest BCUT2D eigenvalue weighted by atomic mass is 9.83. The molecule has 4 rings (SSSR count). The Kier molecular flexibility index (Phi) is 6.55. The highest BCUT2D eigenvalue weighted by atomic mass is 35.5. The third-order valence-corrected chi connectivity index (χ3v) is 6.17. The van der Waals surface area contributed by atoms with Crippen molar-refractivity contribution in [1.29, 1.82) is 0 Å². The Morgan fingerprint density at radius 2 is 1.91 bits per heavy atom. The van der Waals surface area contributed by atoms with Crippen LogP contribution in [0.5, 0.6) is 5.75 Å². The van der Waals surface area contributed by atoms with Crippen LogP contribution in [0, 0.1) is 6.92 Å². The van der Waals surface area contributed by atoms with Crippen LogP contribution in [0.3, 0.4) is 0 Å². The van der Waals surface area contributed by atoms with Crippen molar-refractivity contribution in [2.45, 2.75) is 19.4 Å². The number of carbonyl (C=O) groups is 1. The molecule has 1 unspecified atom stereocenters. The van der Waals surface area contributed by atoms with Crippen LogP contribution in [0.1, 0.15) is 22.7 Å². The summed E-state index contributed by atoms with van der Waals surface area (Å²) < 4.78 is 17.8. The maximum absolute atomic E-state index is 13.7. The normalized spacial score (nSPS) is 18.8. The first kappa shape index (κ1) is 22.4. The zero-order valence-electron chi connectivity index (χ0n) is 18.1. The Balaban J connectivity index is 1.80. The number of carbonyl (C=O) groups excluding carboxylic acids is 1. The molecule has 1 atom stereocenters. The number of aryl methyl sites for hydroxylation is 1. The average Bonchev–Trinajstić information content (AvgIpc) is 2.79. The van der Waals surface area contributed by atoms with Crippen molar-refractivity contribution in [1.82, 2.24) is 9.47 Å². The molecule has 0 amide bonds. The molecule has 2 aliphatic rings. The van der Waals surface area contributed by atoms with Gasteiger partial charge in [0.25, 0.3) is 5.56 Å². The van der Waals surface area contributed by atoms with Crippen LogP contribution >= 0.6 is 11.6 Å². The fourth-order valence-corrected chi connectivity index (χ4v) is 4.35. The van der Waals surface area contributed by atoms with Gasteiger partial charge in [0.1, 0.15) is 11.3 Å². The number of hydrogen-bond acceptors (Lipinski definition) is 7. The molecule has 1 aromatic heterocycles. The standard InChI is InChI=1S/C23H26ClN3O5/c1-14-13-17-19(22(28)27(14)8-7-26-9-11-31-12-10-26)18(15-3-5-16(24)6-4-15)20(21(25)32-17)23(29)30-2/h3-6,13,18H,7-12,25H2,1-2H3. The van der Waals surface area contributed by atoms with Gasteiger partial charge in [0, 0.05) is 43.0 Å². The second-order valence-corrected chi connectivity index (χ2v) is 8.27. The quantitative estimate of drug-likeness (QED) is 0.683. The fourth-order valence-electron chi connectivity index (χ4n) is 4.23. The number of halogens is 1. The van der Waals surface area contributed by atoms with Gasteiger partial charge in [0.05, 0.1) is 31.8 Å². The molecule has 170 valence electrons. The minimum Gasteiger partial charge on any atom is -0.465 e. The summed E-state index contributed by atoms with van der Waals surface area (Å²) in [5.74, 6) is -1.10. The summed E-state index contributed by atoms with van der Waals surface area (Å²) in [6.07, 6.45) is 0. The van der Waals surface area contributed by atoms with Crippen molar-refractivity contribution in [3.8, 4) is 5.75 Å². The molecule has 9 heteroatoms. The van der Waals surface area contributed by atoms with E-state index in [0.29, 0.717) is 41.7 Å². The number of esters is 1. The highest BCUT2D eigenvalue weighted by Gasteiger charge is 2.38. The van der Waals surface area contributed by atoms with Gasteiger partial charge < -0.3 is 24.5 Å². The largest absolute Gasteiger partial charge is 0.465 e. The summed E-state index contributed by atoms with van der Waals surface area (Å²) in [7, 11) is 1.27. The van der Waals surface area contributed by atoms with Crippen LogP contribution in [0.25, 0.3) is 0 Å². The van der Waals surface area contributed by atoms with Crippen molar-refractivity contribution in [3.63, 3.8) is 0 Å². The molecule has 2 aromatic rings. The number of hydrogen-bond donors (Lipinski definition) is 1. The Morgan fingerprint density at radius 1 is 1.22 bits per heavy atom. The van der Waals surface area contributed by atoms with Crippen LogP contribution in [0.2, 0.25) is 5.02 Å². The van der Waals surface area contributed by atoms with E-state index in [1.165, 1.54) is 7.11 Å². The molecule has 0 bridgehead atoms. The van der Waals surface area contributed by atoms with Gasteiger partial charge in [-0.3, -0.25) is 9.69 Å². The molecule has 0 spiro atoms. The van der Waals surface area contributed by atoms with Crippen LogP contribution in [0.15, 0.2) is 46.6 Å². The van der Waals surface area contributed by atoms with E-state index in [0.717, 1.165) is 25.3 Å². The number of pyridine rings is 1. The lowest BCUT2D eigenvalue weighted by Gasteiger charge is -2.30. The minimum absolute atomic E-state index is 0.0748. The number of rotatable bonds is 5. The van der Waals surface area contributed by atoms with Crippen LogP contribution in [-0.2, 0) is 20.8 Å². The van der Waals surface area contributed by atoms with Crippen molar-refractivity contribution in [3.05, 3.63) is 74.0 Å². The number of ether oxygens (including phenoxy) is 3. The molecule has 0 saturated carbocycles. The maximum Gasteiger partial charge on any atom is 0.340 e. The second-order valence-electron chi connectivity index (χ2n) is 7.83. The van der Waals surface area contributed by atoms with Gasteiger partial charge in [-0.05, 0) is 24.6 Å². The van der Waals surface area contributed by atoms with E-state index in [-0.39, 0.29) is 17.0 Å². The molecule has 8 nitrogen and oxygen atoms in total. The van der Waals surface area contributed by atoms with E-state index < -0.39 is 11.9 Å². The molecular weight excluding hydrogens is 434 g/mol. The van der Waals surface area contributed by atoms with Gasteiger partial charge in [0.2, 0.25) is 5.88 Å². The Hall–Kier alpha value is -2.81. The molecule has 0 radical (unpaired) electrons. The van der Waals surface area contributed by atoms with Crippen molar-refractivity contribution in [2.75, 3.05) is 40.0 Å². The van der Waals surface area contributed by atoms with Gasteiger partial charge in [-0.2, -0.15) is 0 Å². The Bertz CT molecular complexity index is 1100. The minimum atomic E-state index is -0.730. The first-order valence-corrected chi connectivity index (χ1v) is 10.8. The van der Waals surface area contributed by atoms with Gasteiger partial charge in [-0.25, -0.2) is 4.79 Å². The SMILES string of the molecule is COC(=O)C1=C(N)Oc2cc(C)n(CCN3CCOCC3)c(=O)c2C1c1ccc(Cl)cc1. The lowest BCUT2D eigenvalue weighted by molar-refractivity contribution is -0.136. The van der Waals surface area contributed by atoms with Gasteiger partial charge >= 0.3 is 5.97 Å². The second kappa shape index (κ2) is 9.36. The van der Waals surface area contributed by atoms with Crippen molar-refractivity contribution >= 4 is 17.6 Å². The maximum atomic E-state index is 13.7. The number of fused-ring (bicyclic) bond motifs is 1. The van der Waals surface area contributed by atoms with Crippen LogP contribution in [-0.4, -0.2) is 55.4 Å². The number of methoxy groups -OCH3 is 1. The molecule has 3 heterocycles. The highest BCUT2D eigenvalue weighted by Crippen LogP contribution is 2.41. The summed E-state index contributed by atoms with van der Waals surface area (Å²) in [6, 6.07) is 8.76. The summed E-state index contributed by atoms with van der Waals surface area (Å²) >= 11 is 6.07. The molecule has 1 saturated heterocycles. The van der Waals surface area contributed by atoms with Crippen molar-refractivity contribution in [2.24, 2.45) is 5.73 Å². The molecule has 1 fully saturated rings. The van der Waals surface area contributed by atoms with Gasteiger partial charge in [-0.15, -0.1) is 0 Å². The molecule has 2 N–H and O–H groups in total. The first-order valence-electron chi connectivity index (χ1n) is 10.5. The van der Waals surface area contributed by atoms with E-state index >= 15 is 0 Å². The Labute approximate surface area is 191 Å². The van der Waals surface area contributed by atoms with Gasteiger partial charge in [0.15, 0.2) is 0 Å². The summed E-state index contributed by atoms with van der Waals surface area (Å²) in [4.78, 5) is 28.6. The van der Waals surface area contributed by atoms with E-state index in [9.17, 15) is 9.59 Å². The zero-order chi connectivity index (χ0) is 22.8. The van der Waals surface area contributed by atoms with E-state index in [1.54, 1.807) is 34.9 Å². The molecule has 32 heavy (non-hydrogen) atoms. The Morgan fingerprint density at radius 3 is 2.56 bits per heavy atom. The topological polar surface area (TPSA) is 96.0 Å². The fraction of sp³-hybridized carbons (Fsp3) is 0.391. The van der Waals surface area contributed by atoms with Crippen LogP contribution in [0.4, 0.5) is 0 Å². The van der Waals surface area contributed by atoms with Crippen molar-refractivity contribution < 1.29 is 19.0 Å². The number of aromatic nitrogens is 1. The smallest absolute Gasteiger partial charge is 0.340 e. The monoisotopic (exact) mass is 459 g/mol. The van der Waals surface area contributed by atoms with Gasteiger partial charge in [-0.1, -0.05) is 23.7 Å². The lowest BCUT2D eigenvalue weighted by Crippen LogP contribution is -2.40. The third kappa shape index (κ3) is 4.26. The molecule has 0 aliphatic carbocycles. The predicted octanol–water partition coefficient (Wildman–Crippen LogP) is 2.01. The highest BCUT2D eigenvalue weighted by molar-refractivity contribution is 6.30. The summed E-state index contributed by atoms with van der Waals surface area (Å²) in [5, 5.41) is 0.546. The average molecular weight is 460 g/mol. The molecule has 2 aliphatic heterocycles.